The Morgan fingerprint density at radius 3 is 2.73 bits per heavy atom. The van der Waals surface area contributed by atoms with E-state index in [0.29, 0.717) is 18.1 Å². The highest BCUT2D eigenvalue weighted by molar-refractivity contribution is 5.85. The summed E-state index contributed by atoms with van der Waals surface area (Å²) in [6, 6.07) is 0. The molecule has 0 aliphatic rings. The monoisotopic (exact) mass is 211 g/mol. The minimum atomic E-state index is -1.10. The molecule has 15 heavy (non-hydrogen) atoms. The second-order valence-electron chi connectivity index (χ2n) is 3.11. The normalized spacial score (nSPS) is 10.1. The number of aryl methyl sites for hydroxylation is 1. The van der Waals surface area contributed by atoms with E-state index in [0.717, 1.165) is 0 Å². The molecule has 0 saturated carbocycles. The molecule has 0 bridgehead atoms. The van der Waals surface area contributed by atoms with Gasteiger partial charge >= 0.3 is 5.97 Å². The highest BCUT2D eigenvalue weighted by Gasteiger charge is 2.11. The van der Waals surface area contributed by atoms with Crippen molar-refractivity contribution in [3.05, 3.63) is 17.6 Å². The third-order valence-electron chi connectivity index (χ3n) is 1.94. The SMILES string of the molecule is Cc1nc(C(=O)O)cnc1N(C)CCO. The first-order chi connectivity index (χ1) is 7.06. The first-order valence-electron chi connectivity index (χ1n) is 4.45. The maximum Gasteiger partial charge on any atom is 0.356 e. The van der Waals surface area contributed by atoms with Crippen molar-refractivity contribution in [1.29, 1.82) is 0 Å². The maximum absolute atomic E-state index is 10.6. The van der Waals surface area contributed by atoms with E-state index in [4.69, 9.17) is 10.2 Å². The molecule has 6 heteroatoms. The number of aromatic nitrogens is 2. The number of aliphatic hydroxyl groups is 1. The van der Waals surface area contributed by atoms with Crippen LogP contribution in [0.15, 0.2) is 6.20 Å². The molecule has 2 N–H and O–H groups in total. The Morgan fingerprint density at radius 1 is 1.60 bits per heavy atom. The average Bonchev–Trinajstić information content (AvgIpc) is 2.17. The van der Waals surface area contributed by atoms with Crippen LogP contribution >= 0.6 is 0 Å². The lowest BCUT2D eigenvalue weighted by Crippen LogP contribution is -2.24. The van der Waals surface area contributed by atoms with Gasteiger partial charge in [0.25, 0.3) is 0 Å². The number of rotatable bonds is 4. The van der Waals surface area contributed by atoms with Gasteiger partial charge in [-0.1, -0.05) is 0 Å². The van der Waals surface area contributed by atoms with Crippen molar-refractivity contribution < 1.29 is 15.0 Å². The molecule has 0 spiro atoms. The van der Waals surface area contributed by atoms with Gasteiger partial charge < -0.3 is 15.1 Å². The van der Waals surface area contributed by atoms with Gasteiger partial charge in [-0.15, -0.1) is 0 Å². The summed E-state index contributed by atoms with van der Waals surface area (Å²) < 4.78 is 0. The van der Waals surface area contributed by atoms with Crippen LogP contribution in [-0.4, -0.2) is 46.3 Å². The van der Waals surface area contributed by atoms with E-state index >= 15 is 0 Å². The van der Waals surface area contributed by atoms with Crippen molar-refractivity contribution in [2.24, 2.45) is 0 Å². The number of aliphatic hydroxyl groups excluding tert-OH is 1. The van der Waals surface area contributed by atoms with E-state index in [1.54, 1.807) is 18.9 Å². The molecule has 1 heterocycles. The van der Waals surface area contributed by atoms with Gasteiger partial charge in [0.2, 0.25) is 0 Å². The zero-order valence-corrected chi connectivity index (χ0v) is 8.64. The van der Waals surface area contributed by atoms with Crippen molar-refractivity contribution in [2.75, 3.05) is 25.1 Å². The van der Waals surface area contributed by atoms with Gasteiger partial charge in [-0.2, -0.15) is 0 Å². The topological polar surface area (TPSA) is 86.5 Å². The summed E-state index contributed by atoms with van der Waals surface area (Å²) in [5.74, 6) is -0.518. The number of carboxylic acids is 1. The molecule has 0 aliphatic carbocycles. The first-order valence-corrected chi connectivity index (χ1v) is 4.45. The largest absolute Gasteiger partial charge is 0.476 e. The molecule has 0 amide bonds. The van der Waals surface area contributed by atoms with Crippen molar-refractivity contribution in [2.45, 2.75) is 6.92 Å². The fourth-order valence-corrected chi connectivity index (χ4v) is 1.21. The number of carboxylic acid groups (broad SMARTS) is 1. The fourth-order valence-electron chi connectivity index (χ4n) is 1.21. The smallest absolute Gasteiger partial charge is 0.356 e. The summed E-state index contributed by atoms with van der Waals surface area (Å²) in [5, 5.41) is 17.4. The summed E-state index contributed by atoms with van der Waals surface area (Å²) in [6.45, 7) is 2.13. The van der Waals surface area contributed by atoms with Gasteiger partial charge in [0.05, 0.1) is 18.5 Å². The van der Waals surface area contributed by atoms with Crippen LogP contribution in [0.25, 0.3) is 0 Å². The molecule has 0 saturated heterocycles. The Morgan fingerprint density at radius 2 is 2.27 bits per heavy atom. The second kappa shape index (κ2) is 4.70. The summed E-state index contributed by atoms with van der Waals surface area (Å²) in [7, 11) is 1.76. The van der Waals surface area contributed by atoms with Crippen molar-refractivity contribution in [3.63, 3.8) is 0 Å². The predicted octanol–water partition coefficient (Wildman–Crippen LogP) is -0.0883. The molecule has 1 rings (SSSR count). The number of aromatic carboxylic acids is 1. The van der Waals surface area contributed by atoms with Crippen molar-refractivity contribution in [3.8, 4) is 0 Å². The quantitative estimate of drug-likeness (QED) is 0.724. The van der Waals surface area contributed by atoms with Crippen LogP contribution in [-0.2, 0) is 0 Å². The van der Waals surface area contributed by atoms with Crippen LogP contribution in [0.4, 0.5) is 5.82 Å². The standard InChI is InChI=1S/C9H13N3O3/c1-6-8(12(2)3-4-13)10-5-7(11-6)9(14)15/h5,13H,3-4H2,1-2H3,(H,14,15). The van der Waals surface area contributed by atoms with Crippen LogP contribution < -0.4 is 4.90 Å². The molecule has 0 atom stereocenters. The van der Waals surface area contributed by atoms with E-state index in [1.807, 2.05) is 0 Å². The molecule has 1 aromatic heterocycles. The summed E-state index contributed by atoms with van der Waals surface area (Å²) >= 11 is 0. The number of hydrogen-bond donors (Lipinski definition) is 2. The number of likely N-dealkylation sites (N-methyl/N-ethyl adjacent to an activating group) is 1. The zero-order valence-electron chi connectivity index (χ0n) is 8.64. The van der Waals surface area contributed by atoms with E-state index in [-0.39, 0.29) is 12.3 Å². The molecule has 0 aliphatic heterocycles. The van der Waals surface area contributed by atoms with Crippen LogP contribution in [0.5, 0.6) is 0 Å². The summed E-state index contributed by atoms with van der Waals surface area (Å²) in [6.07, 6.45) is 1.21. The molecule has 0 aromatic carbocycles. The van der Waals surface area contributed by atoms with E-state index in [9.17, 15) is 4.79 Å². The molecular weight excluding hydrogens is 198 g/mol. The molecule has 6 nitrogen and oxygen atoms in total. The van der Waals surface area contributed by atoms with E-state index < -0.39 is 5.97 Å². The van der Waals surface area contributed by atoms with Crippen molar-refractivity contribution >= 4 is 11.8 Å². The minimum absolute atomic E-state index is 0.0122. The van der Waals surface area contributed by atoms with Crippen LogP contribution in [0.2, 0.25) is 0 Å². The Kier molecular flexibility index (Phi) is 3.56. The lowest BCUT2D eigenvalue weighted by Gasteiger charge is -2.18. The van der Waals surface area contributed by atoms with Crippen LogP contribution in [0, 0.1) is 6.92 Å². The van der Waals surface area contributed by atoms with Crippen LogP contribution in [0.1, 0.15) is 16.2 Å². The number of hydrogen-bond acceptors (Lipinski definition) is 5. The van der Waals surface area contributed by atoms with Gasteiger partial charge in [0.1, 0.15) is 5.82 Å². The third kappa shape index (κ3) is 2.63. The molecule has 0 fully saturated rings. The third-order valence-corrected chi connectivity index (χ3v) is 1.94. The molecule has 0 radical (unpaired) electrons. The zero-order chi connectivity index (χ0) is 11.4. The molecule has 0 unspecified atom stereocenters. The Labute approximate surface area is 87.2 Å². The number of anilines is 1. The van der Waals surface area contributed by atoms with E-state index in [1.165, 1.54) is 6.20 Å². The molecule has 1 aromatic rings. The number of carbonyl (C=O) groups is 1. The lowest BCUT2D eigenvalue weighted by molar-refractivity contribution is 0.0689. The Hall–Kier alpha value is -1.69. The van der Waals surface area contributed by atoms with Gasteiger partial charge in [-0.25, -0.2) is 14.8 Å². The predicted molar refractivity (Wildman–Crippen MR) is 54.1 cm³/mol. The average molecular weight is 211 g/mol. The summed E-state index contributed by atoms with van der Waals surface area (Å²) in [5.41, 5.74) is 0.458. The first kappa shape index (κ1) is 11.4. The van der Waals surface area contributed by atoms with Gasteiger partial charge in [-0.05, 0) is 6.92 Å². The Bertz CT molecular complexity index is 368. The van der Waals surface area contributed by atoms with Crippen LogP contribution in [0.3, 0.4) is 0 Å². The summed E-state index contributed by atoms with van der Waals surface area (Å²) in [4.78, 5) is 20.2. The highest BCUT2D eigenvalue weighted by Crippen LogP contribution is 2.12. The van der Waals surface area contributed by atoms with Crippen molar-refractivity contribution in [1.82, 2.24) is 9.97 Å². The van der Waals surface area contributed by atoms with Gasteiger partial charge in [0, 0.05) is 13.6 Å². The van der Waals surface area contributed by atoms with E-state index in [2.05, 4.69) is 9.97 Å². The second-order valence-corrected chi connectivity index (χ2v) is 3.11. The minimum Gasteiger partial charge on any atom is -0.476 e. The maximum atomic E-state index is 10.6. The molecular formula is C9H13N3O3. The fraction of sp³-hybridized carbons (Fsp3) is 0.444. The Balaban J connectivity index is 2.97. The molecule has 82 valence electrons. The lowest BCUT2D eigenvalue weighted by atomic mass is 10.3. The highest BCUT2D eigenvalue weighted by atomic mass is 16.4. The van der Waals surface area contributed by atoms with Gasteiger partial charge in [0.15, 0.2) is 5.69 Å². The number of nitrogens with zero attached hydrogens (tertiary/aromatic N) is 3. The van der Waals surface area contributed by atoms with Gasteiger partial charge in [-0.3, -0.25) is 0 Å².